The van der Waals surface area contributed by atoms with Crippen molar-refractivity contribution in [3.05, 3.63) is 30.1 Å². The summed E-state index contributed by atoms with van der Waals surface area (Å²) in [6.07, 6.45) is 3.61. The molecule has 3 rings (SSSR count). The molecular formula is C13H15N3O3. The average molecular weight is 261 g/mol. The summed E-state index contributed by atoms with van der Waals surface area (Å²) in [7, 11) is 0. The average Bonchev–Trinajstić information content (AvgIpc) is 3.09. The zero-order valence-electron chi connectivity index (χ0n) is 10.3. The fraction of sp³-hybridized carbons (Fsp3) is 0.385. The molecule has 1 fully saturated rings. The Bertz CT molecular complexity index is 631. The van der Waals surface area contributed by atoms with E-state index in [2.05, 4.69) is 10.3 Å². The lowest BCUT2D eigenvalue weighted by Crippen LogP contribution is -2.20. The Hall–Kier alpha value is -2.08. The van der Waals surface area contributed by atoms with Gasteiger partial charge in [-0.2, -0.15) is 0 Å². The van der Waals surface area contributed by atoms with Crippen molar-refractivity contribution in [3.63, 3.8) is 0 Å². The number of pyridine rings is 1. The standard InChI is InChI=1S/C13H15N3O3/c17-8-13(4-5-13)7-14-11-10(12(18)19)16-6-2-1-3-9(16)15-11/h1-3,6,14,17H,4-5,7-8H2,(H,18,19). The van der Waals surface area contributed by atoms with Gasteiger partial charge in [0.25, 0.3) is 0 Å². The first-order valence-electron chi connectivity index (χ1n) is 6.20. The number of anilines is 1. The molecule has 2 aromatic rings. The van der Waals surface area contributed by atoms with Crippen LogP contribution in [0.2, 0.25) is 0 Å². The van der Waals surface area contributed by atoms with E-state index in [0.29, 0.717) is 18.0 Å². The molecule has 0 unspecified atom stereocenters. The van der Waals surface area contributed by atoms with Crippen LogP contribution in [0.15, 0.2) is 24.4 Å². The van der Waals surface area contributed by atoms with Gasteiger partial charge in [0.05, 0.1) is 6.61 Å². The Morgan fingerprint density at radius 3 is 2.89 bits per heavy atom. The highest BCUT2D eigenvalue weighted by Crippen LogP contribution is 2.45. The van der Waals surface area contributed by atoms with Gasteiger partial charge in [0, 0.05) is 18.2 Å². The number of carbonyl (C=O) groups is 1. The van der Waals surface area contributed by atoms with Crippen LogP contribution in [-0.4, -0.2) is 38.7 Å². The Kier molecular flexibility index (Phi) is 2.67. The zero-order valence-corrected chi connectivity index (χ0v) is 10.3. The number of nitrogens with one attached hydrogen (secondary N) is 1. The van der Waals surface area contributed by atoms with E-state index in [0.717, 1.165) is 12.8 Å². The summed E-state index contributed by atoms with van der Waals surface area (Å²) in [4.78, 5) is 15.6. The maximum atomic E-state index is 11.4. The molecule has 1 aliphatic rings. The third-order valence-electron chi connectivity index (χ3n) is 3.66. The molecule has 2 heterocycles. The van der Waals surface area contributed by atoms with Crippen LogP contribution in [0.1, 0.15) is 23.3 Å². The number of hydrogen-bond donors (Lipinski definition) is 3. The van der Waals surface area contributed by atoms with Gasteiger partial charge >= 0.3 is 5.97 Å². The van der Waals surface area contributed by atoms with Crippen LogP contribution >= 0.6 is 0 Å². The third-order valence-corrected chi connectivity index (χ3v) is 3.66. The molecule has 0 radical (unpaired) electrons. The van der Waals surface area contributed by atoms with E-state index in [9.17, 15) is 15.0 Å². The highest BCUT2D eigenvalue weighted by molar-refractivity contribution is 5.92. The summed E-state index contributed by atoms with van der Waals surface area (Å²) in [5.41, 5.74) is 0.631. The van der Waals surface area contributed by atoms with E-state index in [1.807, 2.05) is 6.07 Å². The third kappa shape index (κ3) is 2.04. The number of fused-ring (bicyclic) bond motifs is 1. The van der Waals surface area contributed by atoms with E-state index >= 15 is 0 Å². The molecule has 0 aliphatic heterocycles. The van der Waals surface area contributed by atoms with Gasteiger partial charge in [-0.3, -0.25) is 4.40 Å². The molecule has 0 amide bonds. The normalized spacial score (nSPS) is 16.5. The maximum Gasteiger partial charge on any atom is 0.356 e. The minimum absolute atomic E-state index is 0.0917. The number of nitrogens with zero attached hydrogens (tertiary/aromatic N) is 2. The molecule has 6 nitrogen and oxygen atoms in total. The first-order valence-corrected chi connectivity index (χ1v) is 6.20. The minimum Gasteiger partial charge on any atom is -0.476 e. The van der Waals surface area contributed by atoms with Crippen LogP contribution in [0.3, 0.4) is 0 Å². The molecule has 0 saturated heterocycles. The number of aromatic nitrogens is 2. The first kappa shape index (κ1) is 12.0. The first-order chi connectivity index (χ1) is 9.15. The molecule has 0 aromatic carbocycles. The predicted molar refractivity (Wildman–Crippen MR) is 69.4 cm³/mol. The van der Waals surface area contributed by atoms with Crippen LogP contribution in [0, 0.1) is 5.41 Å². The second kappa shape index (κ2) is 4.24. The van der Waals surface area contributed by atoms with Crippen LogP contribution in [0.5, 0.6) is 0 Å². The molecule has 2 aromatic heterocycles. The summed E-state index contributed by atoms with van der Waals surface area (Å²) in [6, 6.07) is 5.34. The predicted octanol–water partition coefficient (Wildman–Crippen LogP) is 1.22. The molecule has 1 aliphatic carbocycles. The van der Waals surface area contributed by atoms with Crippen LogP contribution in [-0.2, 0) is 0 Å². The summed E-state index contributed by atoms with van der Waals surface area (Å²) in [5.74, 6) is -0.659. The number of aromatic carboxylic acids is 1. The second-order valence-electron chi connectivity index (χ2n) is 5.05. The number of aliphatic hydroxyl groups excluding tert-OH is 1. The summed E-state index contributed by atoms with van der Waals surface area (Å²) >= 11 is 0. The van der Waals surface area contributed by atoms with Gasteiger partial charge in [-0.15, -0.1) is 0 Å². The number of carboxylic acids is 1. The Labute approximate surface area is 109 Å². The Morgan fingerprint density at radius 1 is 1.47 bits per heavy atom. The van der Waals surface area contributed by atoms with Gasteiger partial charge < -0.3 is 15.5 Å². The number of aliphatic hydroxyl groups is 1. The molecule has 100 valence electrons. The van der Waals surface area contributed by atoms with Crippen molar-refractivity contribution >= 4 is 17.4 Å². The smallest absolute Gasteiger partial charge is 0.356 e. The number of rotatable bonds is 5. The van der Waals surface area contributed by atoms with E-state index in [4.69, 9.17) is 0 Å². The van der Waals surface area contributed by atoms with Crippen molar-refractivity contribution in [2.24, 2.45) is 5.41 Å². The van der Waals surface area contributed by atoms with Crippen LogP contribution in [0.4, 0.5) is 5.82 Å². The summed E-state index contributed by atoms with van der Waals surface area (Å²) in [5, 5.41) is 21.6. The topological polar surface area (TPSA) is 86.9 Å². The van der Waals surface area contributed by atoms with Crippen molar-refractivity contribution in [2.45, 2.75) is 12.8 Å². The fourth-order valence-corrected chi connectivity index (χ4v) is 2.16. The highest BCUT2D eigenvalue weighted by atomic mass is 16.4. The zero-order chi connectivity index (χ0) is 13.5. The second-order valence-corrected chi connectivity index (χ2v) is 5.05. The molecule has 19 heavy (non-hydrogen) atoms. The summed E-state index contributed by atoms with van der Waals surface area (Å²) < 4.78 is 1.54. The minimum atomic E-state index is -1.02. The number of hydrogen-bond acceptors (Lipinski definition) is 4. The lowest BCUT2D eigenvalue weighted by atomic mass is 10.1. The molecule has 3 N–H and O–H groups in total. The molecule has 6 heteroatoms. The van der Waals surface area contributed by atoms with Crippen LogP contribution < -0.4 is 5.32 Å². The Balaban J connectivity index is 1.93. The van der Waals surface area contributed by atoms with Crippen molar-refractivity contribution in [1.82, 2.24) is 9.38 Å². The maximum absolute atomic E-state index is 11.4. The number of carboxylic acid groups (broad SMARTS) is 1. The molecule has 0 bridgehead atoms. The van der Waals surface area contributed by atoms with E-state index in [1.165, 1.54) is 0 Å². The van der Waals surface area contributed by atoms with Crippen molar-refractivity contribution < 1.29 is 15.0 Å². The molecule has 1 saturated carbocycles. The molecule has 0 spiro atoms. The fourth-order valence-electron chi connectivity index (χ4n) is 2.16. The van der Waals surface area contributed by atoms with Gasteiger partial charge in [-0.25, -0.2) is 9.78 Å². The van der Waals surface area contributed by atoms with Gasteiger partial charge in [0.1, 0.15) is 5.65 Å². The lowest BCUT2D eigenvalue weighted by Gasteiger charge is -2.12. The van der Waals surface area contributed by atoms with Crippen LogP contribution in [0.25, 0.3) is 5.65 Å². The molecule has 0 atom stereocenters. The SMILES string of the molecule is O=C(O)c1c(NCC2(CO)CC2)nc2ccccn12. The lowest BCUT2D eigenvalue weighted by molar-refractivity contribution is 0.0690. The van der Waals surface area contributed by atoms with Crippen molar-refractivity contribution in [1.29, 1.82) is 0 Å². The van der Waals surface area contributed by atoms with Gasteiger partial charge in [0.15, 0.2) is 11.5 Å². The molecular weight excluding hydrogens is 246 g/mol. The monoisotopic (exact) mass is 261 g/mol. The van der Waals surface area contributed by atoms with Gasteiger partial charge in [0.2, 0.25) is 0 Å². The van der Waals surface area contributed by atoms with Gasteiger partial charge in [-0.1, -0.05) is 6.07 Å². The largest absolute Gasteiger partial charge is 0.476 e. The quantitative estimate of drug-likeness (QED) is 0.753. The van der Waals surface area contributed by atoms with Crippen molar-refractivity contribution in [3.8, 4) is 0 Å². The van der Waals surface area contributed by atoms with Crippen molar-refractivity contribution in [2.75, 3.05) is 18.5 Å². The Morgan fingerprint density at radius 2 is 2.26 bits per heavy atom. The number of imidazole rings is 1. The van der Waals surface area contributed by atoms with E-state index in [-0.39, 0.29) is 17.7 Å². The summed E-state index contributed by atoms with van der Waals surface area (Å²) in [6.45, 7) is 0.670. The van der Waals surface area contributed by atoms with E-state index in [1.54, 1.807) is 22.7 Å². The highest BCUT2D eigenvalue weighted by Gasteiger charge is 2.42. The van der Waals surface area contributed by atoms with E-state index < -0.39 is 5.97 Å². The van der Waals surface area contributed by atoms with Gasteiger partial charge in [-0.05, 0) is 25.0 Å².